The zero-order valence-corrected chi connectivity index (χ0v) is 9.49. The second-order valence-corrected chi connectivity index (χ2v) is 4.00. The first-order chi connectivity index (χ1) is 8.09. The highest BCUT2D eigenvalue weighted by atomic mass is 16.4. The molecule has 0 atom stereocenters. The Kier molecular flexibility index (Phi) is 2.95. The molecule has 17 heavy (non-hydrogen) atoms. The number of carboxylic acid groups (broad SMARTS) is 1. The van der Waals surface area contributed by atoms with Crippen molar-refractivity contribution in [3.05, 3.63) is 41.1 Å². The van der Waals surface area contributed by atoms with E-state index in [2.05, 4.69) is 5.32 Å². The fourth-order valence-corrected chi connectivity index (χ4v) is 1.88. The summed E-state index contributed by atoms with van der Waals surface area (Å²) in [5.74, 6) is -0.851. The zero-order valence-electron chi connectivity index (χ0n) is 9.49. The lowest BCUT2D eigenvalue weighted by molar-refractivity contribution is -0.114. The molecule has 0 unspecified atom stereocenters. The quantitative estimate of drug-likeness (QED) is 0.838. The lowest BCUT2D eigenvalue weighted by Crippen LogP contribution is -2.06. The maximum Gasteiger partial charge on any atom is 0.337 e. The number of hydrogen-bond acceptors (Lipinski definition) is 3. The van der Waals surface area contributed by atoms with E-state index in [0.717, 1.165) is 5.70 Å². The molecule has 0 bridgehead atoms. The van der Waals surface area contributed by atoms with Gasteiger partial charge in [-0.3, -0.25) is 4.79 Å². The van der Waals surface area contributed by atoms with Crippen LogP contribution >= 0.6 is 0 Å². The minimum atomic E-state index is -0.976. The van der Waals surface area contributed by atoms with Crippen LogP contribution < -0.4 is 5.32 Å². The number of Topliss-reactive ketones (excluding diaryl/α,β-unsaturated/α-hetero) is 1. The van der Waals surface area contributed by atoms with Crippen LogP contribution in [-0.2, 0) is 4.79 Å². The molecule has 0 aliphatic heterocycles. The van der Waals surface area contributed by atoms with E-state index in [1.165, 1.54) is 6.07 Å². The van der Waals surface area contributed by atoms with E-state index in [-0.39, 0.29) is 11.3 Å². The van der Waals surface area contributed by atoms with Crippen molar-refractivity contribution in [3.63, 3.8) is 0 Å². The Bertz CT molecular complexity index is 517. The van der Waals surface area contributed by atoms with Crippen LogP contribution in [0.1, 0.15) is 30.1 Å². The van der Waals surface area contributed by atoms with Gasteiger partial charge in [-0.05, 0) is 25.5 Å². The van der Waals surface area contributed by atoms with Crippen LogP contribution in [0.4, 0.5) is 5.69 Å². The van der Waals surface area contributed by atoms with Crippen LogP contribution in [0.25, 0.3) is 0 Å². The molecule has 1 aromatic carbocycles. The molecule has 4 heteroatoms. The standard InChI is InChI=1S/C13H13NO3/c1-8-10(6-7-12(8)15)14-11-5-3-2-4-9(11)13(16)17/h2-5,14H,6-7H2,1H3,(H,16,17). The summed E-state index contributed by atoms with van der Waals surface area (Å²) in [7, 11) is 0. The number of carboxylic acids is 1. The van der Waals surface area contributed by atoms with Crippen molar-refractivity contribution in [1.29, 1.82) is 0 Å². The molecule has 0 aromatic heterocycles. The number of aromatic carboxylic acids is 1. The van der Waals surface area contributed by atoms with Gasteiger partial charge in [0, 0.05) is 17.7 Å². The van der Waals surface area contributed by atoms with Crippen molar-refractivity contribution < 1.29 is 14.7 Å². The van der Waals surface area contributed by atoms with Crippen LogP contribution in [0.5, 0.6) is 0 Å². The third kappa shape index (κ3) is 2.20. The number of para-hydroxylation sites is 1. The topological polar surface area (TPSA) is 66.4 Å². The molecule has 0 saturated carbocycles. The van der Waals surface area contributed by atoms with Gasteiger partial charge in [0.1, 0.15) is 0 Å². The van der Waals surface area contributed by atoms with Crippen molar-refractivity contribution in [2.75, 3.05) is 5.32 Å². The normalized spacial score (nSPS) is 15.2. The van der Waals surface area contributed by atoms with Gasteiger partial charge >= 0.3 is 5.97 Å². The van der Waals surface area contributed by atoms with Gasteiger partial charge in [0.05, 0.1) is 11.3 Å². The molecule has 1 aliphatic carbocycles. The average Bonchev–Trinajstić information content (AvgIpc) is 2.61. The highest BCUT2D eigenvalue weighted by Crippen LogP contribution is 2.26. The summed E-state index contributed by atoms with van der Waals surface area (Å²) in [6.45, 7) is 1.76. The molecule has 0 spiro atoms. The van der Waals surface area contributed by atoms with Crippen molar-refractivity contribution in [3.8, 4) is 0 Å². The smallest absolute Gasteiger partial charge is 0.337 e. The summed E-state index contributed by atoms with van der Waals surface area (Å²) in [6, 6.07) is 6.68. The molecular formula is C13H13NO3. The molecule has 0 amide bonds. The average molecular weight is 231 g/mol. The molecular weight excluding hydrogens is 218 g/mol. The maximum absolute atomic E-state index is 11.4. The summed E-state index contributed by atoms with van der Waals surface area (Å²) in [5, 5.41) is 12.1. The number of allylic oxidation sites excluding steroid dienone is 2. The van der Waals surface area contributed by atoms with Crippen LogP contribution in [0, 0.1) is 0 Å². The van der Waals surface area contributed by atoms with E-state index in [1.807, 2.05) is 0 Å². The Morgan fingerprint density at radius 1 is 1.29 bits per heavy atom. The Labute approximate surface area is 99.0 Å². The third-order valence-corrected chi connectivity index (χ3v) is 2.92. The van der Waals surface area contributed by atoms with Crippen LogP contribution in [0.3, 0.4) is 0 Å². The summed E-state index contributed by atoms with van der Waals surface area (Å²) in [5.41, 5.74) is 2.27. The van der Waals surface area contributed by atoms with Crippen LogP contribution in [0.2, 0.25) is 0 Å². The summed E-state index contributed by atoms with van der Waals surface area (Å²) < 4.78 is 0. The predicted octanol–water partition coefficient (Wildman–Crippen LogP) is 2.43. The second-order valence-electron chi connectivity index (χ2n) is 4.00. The first-order valence-electron chi connectivity index (χ1n) is 5.42. The van der Waals surface area contributed by atoms with Gasteiger partial charge < -0.3 is 10.4 Å². The minimum Gasteiger partial charge on any atom is -0.478 e. The fraction of sp³-hybridized carbons (Fsp3) is 0.231. The highest BCUT2D eigenvalue weighted by Gasteiger charge is 2.20. The van der Waals surface area contributed by atoms with E-state index >= 15 is 0 Å². The number of hydrogen-bond donors (Lipinski definition) is 2. The number of nitrogens with one attached hydrogen (secondary N) is 1. The van der Waals surface area contributed by atoms with Gasteiger partial charge in [-0.25, -0.2) is 4.79 Å². The van der Waals surface area contributed by atoms with Gasteiger partial charge in [0.15, 0.2) is 5.78 Å². The van der Waals surface area contributed by atoms with Gasteiger partial charge in [0.2, 0.25) is 0 Å². The SMILES string of the molecule is CC1=C(Nc2ccccc2C(=O)O)CCC1=O. The van der Waals surface area contributed by atoms with Crippen LogP contribution in [-0.4, -0.2) is 16.9 Å². The molecule has 0 heterocycles. The molecule has 0 saturated heterocycles. The number of ketones is 1. The highest BCUT2D eigenvalue weighted by molar-refractivity contribution is 5.99. The summed E-state index contributed by atoms with van der Waals surface area (Å²) in [6.07, 6.45) is 1.15. The molecule has 0 radical (unpaired) electrons. The Morgan fingerprint density at radius 2 is 2.00 bits per heavy atom. The van der Waals surface area contributed by atoms with E-state index in [4.69, 9.17) is 5.11 Å². The lowest BCUT2D eigenvalue weighted by Gasteiger charge is -2.10. The Morgan fingerprint density at radius 3 is 2.59 bits per heavy atom. The first-order valence-corrected chi connectivity index (χ1v) is 5.42. The molecule has 0 fully saturated rings. The lowest BCUT2D eigenvalue weighted by atomic mass is 10.1. The van der Waals surface area contributed by atoms with E-state index in [9.17, 15) is 9.59 Å². The molecule has 1 aliphatic rings. The largest absolute Gasteiger partial charge is 0.478 e. The minimum absolute atomic E-state index is 0.125. The summed E-state index contributed by atoms with van der Waals surface area (Å²) >= 11 is 0. The number of benzene rings is 1. The van der Waals surface area contributed by atoms with E-state index in [0.29, 0.717) is 24.1 Å². The molecule has 2 rings (SSSR count). The maximum atomic E-state index is 11.4. The summed E-state index contributed by atoms with van der Waals surface area (Å²) in [4.78, 5) is 22.4. The first kappa shape index (κ1) is 11.4. The van der Waals surface area contributed by atoms with Gasteiger partial charge in [-0.2, -0.15) is 0 Å². The van der Waals surface area contributed by atoms with Crippen molar-refractivity contribution >= 4 is 17.4 Å². The Hall–Kier alpha value is -2.10. The number of anilines is 1. The van der Waals surface area contributed by atoms with Crippen molar-refractivity contribution in [1.82, 2.24) is 0 Å². The van der Waals surface area contributed by atoms with Crippen molar-refractivity contribution in [2.45, 2.75) is 19.8 Å². The van der Waals surface area contributed by atoms with E-state index < -0.39 is 5.97 Å². The number of rotatable bonds is 3. The van der Waals surface area contributed by atoms with E-state index in [1.54, 1.807) is 25.1 Å². The van der Waals surface area contributed by atoms with Gasteiger partial charge in [-0.15, -0.1) is 0 Å². The number of carbonyl (C=O) groups is 2. The van der Waals surface area contributed by atoms with Gasteiger partial charge in [0.25, 0.3) is 0 Å². The Balaban J connectivity index is 2.31. The second kappa shape index (κ2) is 4.41. The molecule has 88 valence electrons. The van der Waals surface area contributed by atoms with Crippen LogP contribution in [0.15, 0.2) is 35.5 Å². The fourth-order valence-electron chi connectivity index (χ4n) is 1.88. The molecule has 1 aromatic rings. The monoisotopic (exact) mass is 231 g/mol. The molecule has 2 N–H and O–H groups in total. The predicted molar refractivity (Wildman–Crippen MR) is 64.0 cm³/mol. The zero-order chi connectivity index (χ0) is 12.4. The van der Waals surface area contributed by atoms with Gasteiger partial charge in [-0.1, -0.05) is 12.1 Å². The molecule has 4 nitrogen and oxygen atoms in total. The third-order valence-electron chi connectivity index (χ3n) is 2.92. The number of carbonyl (C=O) groups excluding carboxylic acids is 1. The van der Waals surface area contributed by atoms with Crippen molar-refractivity contribution in [2.24, 2.45) is 0 Å².